The van der Waals surface area contributed by atoms with Gasteiger partial charge in [0, 0.05) is 38.6 Å². The molecule has 0 bridgehead atoms. The molecule has 0 aromatic heterocycles. The lowest BCUT2D eigenvalue weighted by atomic mass is 9.90. The van der Waals surface area contributed by atoms with Gasteiger partial charge in [0.1, 0.15) is 5.78 Å². The van der Waals surface area contributed by atoms with E-state index in [9.17, 15) is 4.79 Å². The number of carbonyl (C=O) groups excluding carboxylic acids is 1. The van der Waals surface area contributed by atoms with Gasteiger partial charge in [-0.2, -0.15) is 0 Å². The van der Waals surface area contributed by atoms with Crippen LogP contribution in [-0.2, 0) is 23.7 Å². The predicted octanol–water partition coefficient (Wildman–Crippen LogP) is 5.56. The molecule has 4 aliphatic rings. The first-order valence-electron chi connectivity index (χ1n) is 13.0. The highest BCUT2D eigenvalue weighted by Crippen LogP contribution is 2.48. The quantitative estimate of drug-likeness (QED) is 0.315. The third kappa shape index (κ3) is 7.12. The second-order valence-corrected chi connectivity index (χ2v) is 9.95. The van der Waals surface area contributed by atoms with E-state index in [0.29, 0.717) is 23.5 Å². The van der Waals surface area contributed by atoms with Crippen LogP contribution in [0.4, 0.5) is 0 Å². The Kier molecular flexibility index (Phi) is 9.42. The molecule has 2 saturated carbocycles. The van der Waals surface area contributed by atoms with Gasteiger partial charge in [0.2, 0.25) is 0 Å². The molecule has 0 aromatic rings. The van der Waals surface area contributed by atoms with E-state index < -0.39 is 0 Å². The van der Waals surface area contributed by atoms with Crippen molar-refractivity contribution in [3.63, 3.8) is 0 Å². The van der Waals surface area contributed by atoms with E-state index in [1.165, 1.54) is 38.5 Å². The predicted molar refractivity (Wildman–Crippen MR) is 120 cm³/mol. The van der Waals surface area contributed by atoms with Gasteiger partial charge in [-0.05, 0) is 76.0 Å². The minimum Gasteiger partial charge on any atom is -0.353 e. The Balaban J connectivity index is 1.13. The molecule has 0 spiro atoms. The molecule has 0 aromatic carbocycles. The lowest BCUT2D eigenvalue weighted by Crippen LogP contribution is -2.30. The molecule has 4 fully saturated rings. The number of allylic oxidation sites excluding steroid dienone is 1. The van der Waals surface area contributed by atoms with Gasteiger partial charge in [-0.3, -0.25) is 4.79 Å². The number of hydrogen-bond acceptors (Lipinski definition) is 5. The number of ketones is 1. The largest absolute Gasteiger partial charge is 0.353 e. The summed E-state index contributed by atoms with van der Waals surface area (Å²) in [4.78, 5) is 12.0. The van der Waals surface area contributed by atoms with Crippen molar-refractivity contribution >= 4 is 5.78 Å². The zero-order chi connectivity index (χ0) is 21.3. The highest BCUT2D eigenvalue weighted by Gasteiger charge is 2.48. The fraction of sp³-hybridized carbons (Fsp3) is 0.885. The van der Waals surface area contributed by atoms with Crippen molar-refractivity contribution in [3.05, 3.63) is 12.2 Å². The molecule has 2 saturated heterocycles. The number of Topliss-reactive ketones (excluding diaryl/α,β-unsaturated/α-hetero) is 1. The Hall–Kier alpha value is -0.750. The summed E-state index contributed by atoms with van der Waals surface area (Å²) in [5, 5.41) is 0. The second-order valence-electron chi connectivity index (χ2n) is 9.95. The van der Waals surface area contributed by atoms with Crippen LogP contribution >= 0.6 is 0 Å². The van der Waals surface area contributed by atoms with Crippen LogP contribution in [0.2, 0.25) is 0 Å². The molecule has 176 valence electrons. The van der Waals surface area contributed by atoms with E-state index in [2.05, 4.69) is 12.2 Å². The molecule has 2 aliphatic carbocycles. The summed E-state index contributed by atoms with van der Waals surface area (Å²) in [6, 6.07) is 0. The molecule has 2 aliphatic heterocycles. The van der Waals surface area contributed by atoms with Gasteiger partial charge in [-0.25, -0.2) is 0 Å². The number of carbonyl (C=O) groups is 1. The fourth-order valence-corrected chi connectivity index (χ4v) is 5.85. The van der Waals surface area contributed by atoms with Crippen molar-refractivity contribution in [2.75, 3.05) is 19.8 Å². The molecule has 5 nitrogen and oxygen atoms in total. The zero-order valence-corrected chi connectivity index (χ0v) is 19.2. The van der Waals surface area contributed by atoms with Crippen LogP contribution in [0.1, 0.15) is 89.9 Å². The van der Waals surface area contributed by atoms with Crippen molar-refractivity contribution in [2.24, 2.45) is 17.8 Å². The van der Waals surface area contributed by atoms with Crippen molar-refractivity contribution in [1.82, 2.24) is 0 Å². The first-order chi connectivity index (χ1) is 15.3. The molecule has 31 heavy (non-hydrogen) atoms. The topological polar surface area (TPSA) is 54.0 Å². The Morgan fingerprint density at radius 2 is 1.68 bits per heavy atom. The SMILES string of the molecule is O=C1C[C@H]2C[C@@H](OC3CCCCO3)[C@H](C=CCCCCCCOC3CCCCO3)[C@H]2C1. The third-order valence-corrected chi connectivity index (χ3v) is 7.55. The molecule has 2 heterocycles. The monoisotopic (exact) mass is 434 g/mol. The van der Waals surface area contributed by atoms with Crippen LogP contribution in [0.5, 0.6) is 0 Å². The average Bonchev–Trinajstić information content (AvgIpc) is 3.30. The van der Waals surface area contributed by atoms with E-state index in [0.717, 1.165) is 71.2 Å². The molecular weight excluding hydrogens is 392 g/mol. The van der Waals surface area contributed by atoms with Crippen molar-refractivity contribution in [3.8, 4) is 0 Å². The van der Waals surface area contributed by atoms with Crippen LogP contribution in [-0.4, -0.2) is 44.3 Å². The molecule has 2 unspecified atom stereocenters. The van der Waals surface area contributed by atoms with Crippen molar-refractivity contribution in [1.29, 1.82) is 0 Å². The van der Waals surface area contributed by atoms with Gasteiger partial charge in [-0.15, -0.1) is 0 Å². The Morgan fingerprint density at radius 1 is 0.903 bits per heavy atom. The molecule has 0 amide bonds. The summed E-state index contributed by atoms with van der Waals surface area (Å²) in [6.07, 6.45) is 20.2. The molecule has 0 radical (unpaired) electrons. The summed E-state index contributed by atoms with van der Waals surface area (Å²) in [5.74, 6) is 1.83. The maximum absolute atomic E-state index is 12.0. The van der Waals surface area contributed by atoms with E-state index in [1.54, 1.807) is 0 Å². The van der Waals surface area contributed by atoms with Gasteiger partial charge >= 0.3 is 0 Å². The molecule has 6 atom stereocenters. The van der Waals surface area contributed by atoms with Gasteiger partial charge in [0.05, 0.1) is 6.10 Å². The smallest absolute Gasteiger partial charge is 0.157 e. The highest BCUT2D eigenvalue weighted by molar-refractivity contribution is 5.81. The Bertz CT molecular complexity index is 564. The Labute approximate surface area is 188 Å². The van der Waals surface area contributed by atoms with Crippen LogP contribution in [0, 0.1) is 17.8 Å². The molecule has 4 rings (SSSR count). The summed E-state index contributed by atoms with van der Waals surface area (Å²) in [5.41, 5.74) is 0. The number of fused-ring (bicyclic) bond motifs is 1. The molecular formula is C26H42O5. The maximum Gasteiger partial charge on any atom is 0.157 e. The summed E-state index contributed by atoms with van der Waals surface area (Å²) >= 11 is 0. The van der Waals surface area contributed by atoms with Gasteiger partial charge in [0.15, 0.2) is 12.6 Å². The summed E-state index contributed by atoms with van der Waals surface area (Å²) in [7, 11) is 0. The third-order valence-electron chi connectivity index (χ3n) is 7.55. The Morgan fingerprint density at radius 3 is 2.45 bits per heavy atom. The van der Waals surface area contributed by atoms with E-state index in [4.69, 9.17) is 18.9 Å². The number of rotatable bonds is 11. The normalized spacial score (nSPS) is 36.3. The first kappa shape index (κ1) is 23.4. The van der Waals surface area contributed by atoms with Crippen molar-refractivity contribution in [2.45, 2.75) is 109 Å². The molecule has 5 heteroatoms. The minimum absolute atomic E-state index is 0.0367. The maximum atomic E-state index is 12.0. The summed E-state index contributed by atoms with van der Waals surface area (Å²) in [6.45, 7) is 2.50. The van der Waals surface area contributed by atoms with E-state index in [1.807, 2.05) is 0 Å². The molecule has 0 N–H and O–H groups in total. The number of unbranched alkanes of at least 4 members (excludes halogenated alkanes) is 4. The lowest BCUT2D eigenvalue weighted by Gasteiger charge is -2.29. The number of hydrogen-bond donors (Lipinski definition) is 0. The van der Waals surface area contributed by atoms with Crippen LogP contribution < -0.4 is 0 Å². The van der Waals surface area contributed by atoms with Crippen LogP contribution in [0.15, 0.2) is 12.2 Å². The van der Waals surface area contributed by atoms with Gasteiger partial charge in [-0.1, -0.05) is 25.0 Å². The highest BCUT2D eigenvalue weighted by atomic mass is 16.7. The average molecular weight is 435 g/mol. The van der Waals surface area contributed by atoms with Crippen LogP contribution in [0.3, 0.4) is 0 Å². The van der Waals surface area contributed by atoms with E-state index in [-0.39, 0.29) is 18.7 Å². The standard InChI is InChI=1S/C26H42O5/c27-21-17-20-18-24(31-26-13-7-10-16-30-26)22(23(20)19-21)11-5-3-1-2-4-8-14-28-25-12-6-9-15-29-25/h5,11,20,22-26H,1-4,6-10,12-19H2/t20-,22+,23-,24+,25?,26?/m0/s1. The first-order valence-corrected chi connectivity index (χ1v) is 13.0. The van der Waals surface area contributed by atoms with Crippen molar-refractivity contribution < 1.29 is 23.7 Å². The lowest BCUT2D eigenvalue weighted by molar-refractivity contribution is -0.193. The zero-order valence-electron chi connectivity index (χ0n) is 19.2. The minimum atomic E-state index is -0.0367. The van der Waals surface area contributed by atoms with Gasteiger partial charge < -0.3 is 18.9 Å². The second kappa shape index (κ2) is 12.5. The van der Waals surface area contributed by atoms with Gasteiger partial charge in [0.25, 0.3) is 0 Å². The number of ether oxygens (including phenoxy) is 4. The summed E-state index contributed by atoms with van der Waals surface area (Å²) < 4.78 is 23.7. The van der Waals surface area contributed by atoms with E-state index >= 15 is 0 Å². The fourth-order valence-electron chi connectivity index (χ4n) is 5.85. The van der Waals surface area contributed by atoms with Crippen LogP contribution in [0.25, 0.3) is 0 Å².